The molecular formula is C9H14N6. The number of imidazole rings is 1. The molecule has 0 fully saturated rings. The van der Waals surface area contributed by atoms with Crippen molar-refractivity contribution in [2.75, 3.05) is 11.9 Å². The van der Waals surface area contributed by atoms with Crippen molar-refractivity contribution in [2.24, 2.45) is 5.73 Å². The first-order valence-electron chi connectivity index (χ1n) is 4.84. The number of aryl methyl sites for hydroxylation is 1. The average molecular weight is 206 g/mol. The number of fused-ring (bicyclic) bond motifs is 1. The highest BCUT2D eigenvalue weighted by Crippen LogP contribution is 2.12. The van der Waals surface area contributed by atoms with Gasteiger partial charge in [0.15, 0.2) is 5.65 Å². The fraction of sp³-hybridized carbons (Fsp3) is 0.444. The highest BCUT2D eigenvalue weighted by atomic mass is 15.1. The summed E-state index contributed by atoms with van der Waals surface area (Å²) in [7, 11) is 0. The number of H-pyrrole nitrogens is 1. The molecule has 0 saturated heterocycles. The van der Waals surface area contributed by atoms with Gasteiger partial charge in [-0.15, -0.1) is 0 Å². The molecule has 6 heteroatoms. The van der Waals surface area contributed by atoms with E-state index in [-0.39, 0.29) is 6.04 Å². The van der Waals surface area contributed by atoms with Crippen LogP contribution in [0.3, 0.4) is 0 Å². The maximum absolute atomic E-state index is 5.63. The van der Waals surface area contributed by atoms with Gasteiger partial charge in [0.2, 0.25) is 5.95 Å². The van der Waals surface area contributed by atoms with Crippen molar-refractivity contribution in [3.63, 3.8) is 0 Å². The van der Waals surface area contributed by atoms with Gasteiger partial charge in [0, 0.05) is 12.6 Å². The van der Waals surface area contributed by atoms with E-state index in [9.17, 15) is 0 Å². The Hall–Kier alpha value is -1.69. The number of nitrogens with two attached hydrogens (primary N) is 1. The first-order valence-corrected chi connectivity index (χ1v) is 4.84. The molecule has 0 amide bonds. The summed E-state index contributed by atoms with van der Waals surface area (Å²) in [5.41, 5.74) is 8.06. The van der Waals surface area contributed by atoms with Crippen LogP contribution in [0, 0.1) is 6.92 Å². The van der Waals surface area contributed by atoms with Crippen molar-refractivity contribution in [3.8, 4) is 0 Å². The number of hydrogen-bond acceptors (Lipinski definition) is 5. The van der Waals surface area contributed by atoms with E-state index < -0.39 is 0 Å². The van der Waals surface area contributed by atoms with Gasteiger partial charge in [-0.05, 0) is 13.8 Å². The Morgan fingerprint density at radius 3 is 3.07 bits per heavy atom. The fourth-order valence-electron chi connectivity index (χ4n) is 1.31. The lowest BCUT2D eigenvalue weighted by Crippen LogP contribution is -2.26. The van der Waals surface area contributed by atoms with E-state index in [1.807, 2.05) is 13.8 Å². The highest BCUT2D eigenvalue weighted by Gasteiger charge is 2.06. The van der Waals surface area contributed by atoms with Crippen LogP contribution in [0.5, 0.6) is 0 Å². The van der Waals surface area contributed by atoms with Crippen LogP contribution in [0.4, 0.5) is 5.95 Å². The SMILES string of the molecule is Cc1nc(NCC(C)N)nc2nc[nH]c12. The number of hydrogen-bond donors (Lipinski definition) is 3. The van der Waals surface area contributed by atoms with Crippen LogP contribution in [0.25, 0.3) is 11.2 Å². The van der Waals surface area contributed by atoms with Crippen LogP contribution in [-0.4, -0.2) is 32.5 Å². The first-order chi connectivity index (χ1) is 7.16. The van der Waals surface area contributed by atoms with Crippen LogP contribution in [-0.2, 0) is 0 Å². The van der Waals surface area contributed by atoms with Crippen molar-refractivity contribution in [2.45, 2.75) is 19.9 Å². The molecule has 6 nitrogen and oxygen atoms in total. The largest absolute Gasteiger partial charge is 0.353 e. The Labute approximate surface area is 87.3 Å². The van der Waals surface area contributed by atoms with Crippen LogP contribution >= 0.6 is 0 Å². The van der Waals surface area contributed by atoms with E-state index in [0.29, 0.717) is 18.1 Å². The number of aromatic amines is 1. The Kier molecular flexibility index (Phi) is 2.51. The van der Waals surface area contributed by atoms with Crippen LogP contribution in [0.2, 0.25) is 0 Å². The van der Waals surface area contributed by atoms with Crippen LogP contribution in [0.15, 0.2) is 6.33 Å². The quantitative estimate of drug-likeness (QED) is 0.676. The summed E-state index contributed by atoms with van der Waals surface area (Å²) in [6.07, 6.45) is 1.61. The van der Waals surface area contributed by atoms with Crippen molar-refractivity contribution in [3.05, 3.63) is 12.0 Å². The second kappa shape index (κ2) is 3.82. The highest BCUT2D eigenvalue weighted by molar-refractivity contribution is 5.73. The van der Waals surface area contributed by atoms with Crippen molar-refractivity contribution in [1.29, 1.82) is 0 Å². The number of nitrogens with one attached hydrogen (secondary N) is 2. The molecule has 0 aromatic carbocycles. The number of rotatable bonds is 3. The third kappa shape index (κ3) is 2.04. The topological polar surface area (TPSA) is 92.5 Å². The number of aromatic nitrogens is 4. The lowest BCUT2D eigenvalue weighted by Gasteiger charge is -2.07. The monoisotopic (exact) mass is 206 g/mol. The minimum absolute atomic E-state index is 0.0730. The summed E-state index contributed by atoms with van der Waals surface area (Å²) in [5, 5.41) is 3.07. The molecule has 2 heterocycles. The van der Waals surface area contributed by atoms with E-state index in [1.165, 1.54) is 0 Å². The standard InChI is InChI=1S/C9H14N6/c1-5(10)3-11-9-14-6(2)7-8(15-9)13-4-12-7/h4-5H,3,10H2,1-2H3,(H2,11,12,13,14,15). The fourth-order valence-corrected chi connectivity index (χ4v) is 1.31. The van der Waals surface area contributed by atoms with Gasteiger partial charge in [-0.2, -0.15) is 4.98 Å². The summed E-state index contributed by atoms with van der Waals surface area (Å²) in [4.78, 5) is 15.6. The molecule has 2 rings (SSSR count). The van der Waals surface area contributed by atoms with E-state index in [2.05, 4.69) is 25.3 Å². The predicted molar refractivity (Wildman–Crippen MR) is 58.6 cm³/mol. The van der Waals surface area contributed by atoms with Gasteiger partial charge in [0.05, 0.1) is 12.0 Å². The van der Waals surface area contributed by atoms with Crippen LogP contribution in [0.1, 0.15) is 12.6 Å². The molecule has 4 N–H and O–H groups in total. The average Bonchev–Trinajstić information content (AvgIpc) is 2.63. The number of anilines is 1. The van der Waals surface area contributed by atoms with Crippen molar-refractivity contribution in [1.82, 2.24) is 19.9 Å². The van der Waals surface area contributed by atoms with E-state index >= 15 is 0 Å². The molecule has 0 radical (unpaired) electrons. The van der Waals surface area contributed by atoms with Crippen molar-refractivity contribution >= 4 is 17.1 Å². The molecule has 1 atom stereocenters. The Balaban J connectivity index is 2.28. The minimum atomic E-state index is 0.0730. The molecular weight excluding hydrogens is 192 g/mol. The second-order valence-corrected chi connectivity index (χ2v) is 3.59. The van der Waals surface area contributed by atoms with Gasteiger partial charge in [0.1, 0.15) is 5.52 Å². The third-order valence-corrected chi connectivity index (χ3v) is 2.05. The molecule has 0 aliphatic rings. The molecule has 2 aromatic rings. The van der Waals surface area contributed by atoms with Gasteiger partial charge in [-0.1, -0.05) is 0 Å². The zero-order chi connectivity index (χ0) is 10.8. The molecule has 0 aliphatic heterocycles. The molecule has 0 spiro atoms. The zero-order valence-electron chi connectivity index (χ0n) is 8.78. The summed E-state index contributed by atoms with van der Waals surface area (Å²) in [5.74, 6) is 0.574. The van der Waals surface area contributed by atoms with E-state index in [1.54, 1.807) is 6.33 Å². The Morgan fingerprint density at radius 2 is 2.33 bits per heavy atom. The molecule has 0 aliphatic carbocycles. The van der Waals surface area contributed by atoms with Gasteiger partial charge in [-0.3, -0.25) is 0 Å². The molecule has 0 saturated carbocycles. The Bertz CT molecular complexity index is 461. The minimum Gasteiger partial charge on any atom is -0.353 e. The zero-order valence-corrected chi connectivity index (χ0v) is 8.78. The summed E-state index contributed by atoms with van der Waals surface area (Å²) >= 11 is 0. The molecule has 1 unspecified atom stereocenters. The first kappa shape index (κ1) is 9.85. The van der Waals surface area contributed by atoms with Gasteiger partial charge >= 0.3 is 0 Å². The summed E-state index contributed by atoms with van der Waals surface area (Å²) in [6.45, 7) is 4.49. The lowest BCUT2D eigenvalue weighted by molar-refractivity contribution is 0.773. The third-order valence-electron chi connectivity index (χ3n) is 2.05. The number of nitrogens with zero attached hydrogens (tertiary/aromatic N) is 3. The smallest absolute Gasteiger partial charge is 0.225 e. The van der Waals surface area contributed by atoms with Crippen LogP contribution < -0.4 is 11.1 Å². The van der Waals surface area contributed by atoms with E-state index in [0.717, 1.165) is 11.2 Å². The maximum atomic E-state index is 5.63. The van der Waals surface area contributed by atoms with Crippen molar-refractivity contribution < 1.29 is 0 Å². The molecule has 0 bridgehead atoms. The Morgan fingerprint density at radius 1 is 1.53 bits per heavy atom. The maximum Gasteiger partial charge on any atom is 0.225 e. The lowest BCUT2D eigenvalue weighted by atomic mass is 10.3. The van der Waals surface area contributed by atoms with Gasteiger partial charge in [-0.25, -0.2) is 9.97 Å². The molecule has 80 valence electrons. The second-order valence-electron chi connectivity index (χ2n) is 3.59. The normalized spacial score (nSPS) is 13.0. The predicted octanol–water partition coefficient (Wildman–Crippen LogP) is 0.420. The summed E-state index contributed by atoms with van der Waals surface area (Å²) in [6, 6.07) is 0.0730. The van der Waals surface area contributed by atoms with E-state index in [4.69, 9.17) is 5.73 Å². The molecule has 15 heavy (non-hydrogen) atoms. The molecule has 2 aromatic heterocycles. The summed E-state index contributed by atoms with van der Waals surface area (Å²) < 4.78 is 0. The van der Waals surface area contributed by atoms with Gasteiger partial charge < -0.3 is 16.0 Å². The van der Waals surface area contributed by atoms with Gasteiger partial charge in [0.25, 0.3) is 0 Å².